The van der Waals surface area contributed by atoms with Crippen LogP contribution in [0.3, 0.4) is 0 Å². The van der Waals surface area contributed by atoms with Crippen molar-refractivity contribution >= 4 is 27.3 Å². The second-order valence-corrected chi connectivity index (χ2v) is 5.99. The summed E-state index contributed by atoms with van der Waals surface area (Å²) in [7, 11) is 0. The van der Waals surface area contributed by atoms with Gasteiger partial charge in [-0.1, -0.05) is 19.4 Å². The Morgan fingerprint density at radius 1 is 1.69 bits per heavy atom. The lowest BCUT2D eigenvalue weighted by molar-refractivity contribution is 0.455. The molecule has 1 N–H and O–H groups in total. The summed E-state index contributed by atoms with van der Waals surface area (Å²) in [4.78, 5) is 4.34. The second-order valence-electron chi connectivity index (χ2n) is 3.86. The van der Waals surface area contributed by atoms with Crippen molar-refractivity contribution in [3.05, 3.63) is 27.6 Å². The third-order valence-corrected chi connectivity index (χ3v) is 4.05. The summed E-state index contributed by atoms with van der Waals surface area (Å²) in [5.74, 6) is 0.771. The van der Waals surface area contributed by atoms with E-state index in [0.29, 0.717) is 0 Å². The Balaban J connectivity index is 2.13. The number of allylic oxidation sites excluding steroid dienone is 1. The Bertz CT molecular complexity index is 312. The highest BCUT2D eigenvalue weighted by molar-refractivity contribution is 9.11. The molecule has 1 aromatic rings. The van der Waals surface area contributed by atoms with Gasteiger partial charge in [-0.3, -0.25) is 0 Å². The third kappa shape index (κ3) is 5.23. The molecule has 0 aliphatic heterocycles. The Hall–Kier alpha value is -0.190. The number of hydrogen-bond acceptors (Lipinski definition) is 3. The fourth-order valence-corrected chi connectivity index (χ4v) is 2.66. The van der Waals surface area contributed by atoms with Crippen molar-refractivity contribution < 1.29 is 0 Å². The van der Waals surface area contributed by atoms with Gasteiger partial charge in [0, 0.05) is 11.9 Å². The van der Waals surface area contributed by atoms with E-state index in [-0.39, 0.29) is 0 Å². The number of aromatic nitrogens is 1. The van der Waals surface area contributed by atoms with E-state index in [4.69, 9.17) is 0 Å². The molecule has 0 aliphatic rings. The van der Waals surface area contributed by atoms with Crippen LogP contribution in [0.25, 0.3) is 0 Å². The Morgan fingerprint density at radius 3 is 3.06 bits per heavy atom. The first kappa shape index (κ1) is 13.9. The second kappa shape index (κ2) is 7.98. The van der Waals surface area contributed by atoms with Gasteiger partial charge in [0.15, 0.2) is 3.92 Å². The van der Waals surface area contributed by atoms with Crippen molar-refractivity contribution in [3.8, 4) is 0 Å². The number of hydrogen-bond donors (Lipinski definition) is 1. The average Bonchev–Trinajstić information content (AvgIpc) is 2.69. The molecule has 16 heavy (non-hydrogen) atoms. The highest BCUT2D eigenvalue weighted by atomic mass is 79.9. The van der Waals surface area contributed by atoms with Gasteiger partial charge < -0.3 is 5.32 Å². The minimum absolute atomic E-state index is 0.771. The van der Waals surface area contributed by atoms with E-state index in [0.717, 1.165) is 35.0 Å². The molecule has 1 rings (SSSR count). The van der Waals surface area contributed by atoms with Crippen LogP contribution in [-0.4, -0.2) is 11.5 Å². The summed E-state index contributed by atoms with van der Waals surface area (Å²) in [5.41, 5.74) is 1.12. The zero-order valence-electron chi connectivity index (χ0n) is 9.71. The Kier molecular flexibility index (Phi) is 6.92. The molecule has 0 aliphatic carbocycles. The predicted molar refractivity (Wildman–Crippen MR) is 74.7 cm³/mol. The highest BCUT2D eigenvalue weighted by Crippen LogP contribution is 2.16. The summed E-state index contributed by atoms with van der Waals surface area (Å²) in [6, 6.07) is 0. The van der Waals surface area contributed by atoms with Gasteiger partial charge in [0.25, 0.3) is 0 Å². The van der Waals surface area contributed by atoms with Gasteiger partial charge in [-0.05, 0) is 41.2 Å². The summed E-state index contributed by atoms with van der Waals surface area (Å²) < 4.78 is 0.961. The van der Waals surface area contributed by atoms with Crippen molar-refractivity contribution in [1.29, 1.82) is 0 Å². The van der Waals surface area contributed by atoms with Gasteiger partial charge >= 0.3 is 0 Å². The molecule has 1 aromatic heterocycles. The maximum atomic E-state index is 4.34. The lowest BCUT2D eigenvalue weighted by atomic mass is 9.99. The monoisotopic (exact) mass is 302 g/mol. The van der Waals surface area contributed by atoms with Gasteiger partial charge in [0.1, 0.15) is 0 Å². The molecule has 0 aromatic carbocycles. The number of rotatable bonds is 8. The first-order chi connectivity index (χ1) is 7.76. The molecule has 1 unspecified atom stereocenters. The molecule has 4 heteroatoms. The maximum Gasteiger partial charge on any atom is 0.159 e. The topological polar surface area (TPSA) is 24.9 Å². The first-order valence-electron chi connectivity index (χ1n) is 5.67. The van der Waals surface area contributed by atoms with E-state index in [2.05, 4.69) is 45.1 Å². The zero-order chi connectivity index (χ0) is 11.8. The number of halogens is 1. The van der Waals surface area contributed by atoms with Crippen LogP contribution in [0.2, 0.25) is 0 Å². The lowest BCUT2D eigenvalue weighted by Gasteiger charge is -2.12. The summed E-state index contributed by atoms with van der Waals surface area (Å²) >= 11 is 5.00. The van der Waals surface area contributed by atoms with Crippen LogP contribution in [0.15, 0.2) is 22.0 Å². The molecule has 2 nitrogen and oxygen atoms in total. The SMILES string of the molecule is C=CCC(CC)CCNCc1csc(Br)n1. The quantitative estimate of drug-likeness (QED) is 0.580. The van der Waals surface area contributed by atoms with E-state index in [1.165, 1.54) is 12.8 Å². The molecular weight excluding hydrogens is 284 g/mol. The molecule has 0 spiro atoms. The van der Waals surface area contributed by atoms with Gasteiger partial charge in [-0.25, -0.2) is 4.98 Å². The normalized spacial score (nSPS) is 12.6. The minimum atomic E-state index is 0.771. The van der Waals surface area contributed by atoms with E-state index < -0.39 is 0 Å². The third-order valence-electron chi connectivity index (χ3n) is 2.64. The molecule has 90 valence electrons. The van der Waals surface area contributed by atoms with Crippen LogP contribution in [0, 0.1) is 5.92 Å². The number of nitrogens with one attached hydrogen (secondary N) is 1. The van der Waals surface area contributed by atoms with Crippen LogP contribution in [0.5, 0.6) is 0 Å². The van der Waals surface area contributed by atoms with E-state index in [1.54, 1.807) is 11.3 Å². The average molecular weight is 303 g/mol. The maximum absolute atomic E-state index is 4.34. The molecule has 1 heterocycles. The molecule has 0 saturated carbocycles. The van der Waals surface area contributed by atoms with Crippen molar-refractivity contribution in [2.75, 3.05) is 6.54 Å². The van der Waals surface area contributed by atoms with Gasteiger partial charge in [-0.15, -0.1) is 17.9 Å². The fraction of sp³-hybridized carbons (Fsp3) is 0.583. The molecule has 0 saturated heterocycles. The van der Waals surface area contributed by atoms with Crippen LogP contribution in [0.1, 0.15) is 31.9 Å². The van der Waals surface area contributed by atoms with Crippen molar-refractivity contribution in [2.45, 2.75) is 32.7 Å². The first-order valence-corrected chi connectivity index (χ1v) is 7.35. The van der Waals surface area contributed by atoms with Crippen LogP contribution in [0.4, 0.5) is 0 Å². The molecule has 0 bridgehead atoms. The molecule has 0 amide bonds. The van der Waals surface area contributed by atoms with Crippen LogP contribution in [-0.2, 0) is 6.54 Å². The number of thiazole rings is 1. The zero-order valence-corrected chi connectivity index (χ0v) is 12.1. The van der Waals surface area contributed by atoms with Crippen molar-refractivity contribution in [3.63, 3.8) is 0 Å². The van der Waals surface area contributed by atoms with Crippen LogP contribution >= 0.6 is 27.3 Å². The minimum Gasteiger partial charge on any atom is -0.311 e. The fourth-order valence-electron chi connectivity index (χ4n) is 1.61. The lowest BCUT2D eigenvalue weighted by Crippen LogP contribution is -2.17. The largest absolute Gasteiger partial charge is 0.311 e. The summed E-state index contributed by atoms with van der Waals surface area (Å²) in [6.07, 6.45) is 5.59. The van der Waals surface area contributed by atoms with Gasteiger partial charge in [0.05, 0.1) is 5.69 Å². The Morgan fingerprint density at radius 2 is 2.50 bits per heavy atom. The molecule has 0 radical (unpaired) electrons. The predicted octanol–water partition coefficient (Wildman–Crippen LogP) is 3.99. The van der Waals surface area contributed by atoms with Gasteiger partial charge in [-0.2, -0.15) is 0 Å². The smallest absolute Gasteiger partial charge is 0.159 e. The summed E-state index contributed by atoms with van der Waals surface area (Å²) in [5, 5.41) is 5.51. The number of nitrogens with zero attached hydrogens (tertiary/aromatic N) is 1. The van der Waals surface area contributed by atoms with E-state index >= 15 is 0 Å². The standard InChI is InChI=1S/C12H19BrN2S/c1-3-5-10(4-2)6-7-14-8-11-9-16-12(13)15-11/h3,9-10,14H,1,4-8H2,2H3. The van der Waals surface area contributed by atoms with E-state index in [1.807, 2.05) is 6.08 Å². The molecular formula is C12H19BrN2S. The van der Waals surface area contributed by atoms with E-state index in [9.17, 15) is 0 Å². The molecule has 0 fully saturated rings. The summed E-state index contributed by atoms with van der Waals surface area (Å²) in [6.45, 7) is 7.96. The molecule has 1 atom stereocenters. The highest BCUT2D eigenvalue weighted by Gasteiger charge is 2.04. The van der Waals surface area contributed by atoms with Crippen LogP contribution < -0.4 is 5.32 Å². The Labute approximate surface area is 110 Å². The van der Waals surface area contributed by atoms with Crippen molar-refractivity contribution in [1.82, 2.24) is 10.3 Å². The van der Waals surface area contributed by atoms with Crippen molar-refractivity contribution in [2.24, 2.45) is 5.92 Å². The van der Waals surface area contributed by atoms with Gasteiger partial charge in [0.2, 0.25) is 0 Å².